The number of rotatable bonds is 4. The van der Waals surface area contributed by atoms with Gasteiger partial charge < -0.3 is 9.84 Å². The van der Waals surface area contributed by atoms with Crippen molar-refractivity contribution in [1.29, 1.82) is 0 Å². The molecule has 0 aliphatic heterocycles. The molecule has 0 aliphatic carbocycles. The van der Waals surface area contributed by atoms with E-state index in [-0.39, 0.29) is 0 Å². The molecule has 0 atom stereocenters. The smallest absolute Gasteiger partial charge is 0.228 e. The normalized spacial score (nSPS) is 11.0. The van der Waals surface area contributed by atoms with Crippen LogP contribution in [0.3, 0.4) is 0 Å². The van der Waals surface area contributed by atoms with E-state index in [9.17, 15) is 0 Å². The second kappa shape index (κ2) is 6.36. The lowest BCUT2D eigenvalue weighted by Gasteiger charge is -2.09. The highest BCUT2D eigenvalue weighted by atomic mass is 16.5. The van der Waals surface area contributed by atoms with Gasteiger partial charge in [-0.05, 0) is 25.0 Å². The van der Waals surface area contributed by atoms with Crippen LogP contribution < -0.4 is 5.32 Å². The van der Waals surface area contributed by atoms with E-state index in [1.807, 2.05) is 42.5 Å². The molecule has 0 bridgehead atoms. The Morgan fingerprint density at radius 2 is 1.80 bits per heavy atom. The fourth-order valence-electron chi connectivity index (χ4n) is 2.83. The summed E-state index contributed by atoms with van der Waals surface area (Å²) in [6.07, 6.45) is 2.47. The molecule has 0 saturated heterocycles. The van der Waals surface area contributed by atoms with Gasteiger partial charge in [-0.15, -0.1) is 0 Å². The molecule has 0 spiro atoms. The van der Waals surface area contributed by atoms with E-state index in [1.165, 1.54) is 17.5 Å². The van der Waals surface area contributed by atoms with Crippen molar-refractivity contribution in [1.82, 2.24) is 15.1 Å². The van der Waals surface area contributed by atoms with Crippen LogP contribution >= 0.6 is 0 Å². The van der Waals surface area contributed by atoms with Crippen LogP contribution in [0, 0.1) is 6.92 Å². The Balaban J connectivity index is 1.78. The summed E-state index contributed by atoms with van der Waals surface area (Å²) in [7, 11) is 0. The summed E-state index contributed by atoms with van der Waals surface area (Å²) >= 11 is 0. The van der Waals surface area contributed by atoms with E-state index in [0.717, 1.165) is 23.4 Å². The van der Waals surface area contributed by atoms with E-state index in [2.05, 4.69) is 40.4 Å². The predicted molar refractivity (Wildman–Crippen MR) is 98.9 cm³/mol. The molecule has 5 nitrogen and oxygen atoms in total. The predicted octanol–water partition coefficient (Wildman–Crippen LogP) is 4.90. The average Bonchev–Trinajstić information content (AvgIpc) is 3.08. The third-order valence-corrected chi connectivity index (χ3v) is 4.23. The fourth-order valence-corrected chi connectivity index (χ4v) is 2.83. The molecule has 124 valence electrons. The van der Waals surface area contributed by atoms with Gasteiger partial charge in [0, 0.05) is 11.3 Å². The molecule has 0 radical (unpaired) electrons. The largest absolute Gasteiger partial charge is 0.350 e. The van der Waals surface area contributed by atoms with Crippen molar-refractivity contribution in [3.63, 3.8) is 0 Å². The minimum atomic E-state index is 0.559. The Morgan fingerprint density at radius 1 is 1.00 bits per heavy atom. The molecule has 0 aliphatic rings. The molecular formula is C20H18N4O. The number of hydrogen-bond acceptors (Lipinski definition) is 5. The molecule has 0 amide bonds. The number of aromatic nitrogens is 3. The molecular weight excluding hydrogens is 312 g/mol. The van der Waals surface area contributed by atoms with Crippen LogP contribution in [0.2, 0.25) is 0 Å². The van der Waals surface area contributed by atoms with E-state index < -0.39 is 0 Å². The molecule has 0 fully saturated rings. The minimum Gasteiger partial charge on any atom is -0.350 e. The summed E-state index contributed by atoms with van der Waals surface area (Å²) in [5.74, 6) is 0.622. The monoisotopic (exact) mass is 330 g/mol. The first kappa shape index (κ1) is 15.3. The summed E-state index contributed by atoms with van der Waals surface area (Å²) in [5.41, 5.74) is 6.39. The van der Waals surface area contributed by atoms with Crippen molar-refractivity contribution in [2.45, 2.75) is 20.3 Å². The molecule has 2 heterocycles. The highest BCUT2D eigenvalue weighted by molar-refractivity contribution is 5.94. The van der Waals surface area contributed by atoms with Gasteiger partial charge in [0.25, 0.3) is 0 Å². The maximum absolute atomic E-state index is 5.57. The van der Waals surface area contributed by atoms with Gasteiger partial charge in [-0.2, -0.15) is 0 Å². The van der Waals surface area contributed by atoms with Crippen LogP contribution in [0.1, 0.15) is 18.1 Å². The third-order valence-electron chi connectivity index (χ3n) is 4.23. The third kappa shape index (κ3) is 2.85. The van der Waals surface area contributed by atoms with Crippen LogP contribution in [-0.4, -0.2) is 15.1 Å². The topological polar surface area (TPSA) is 63.8 Å². The lowest BCUT2D eigenvalue weighted by molar-refractivity contribution is 0.459. The van der Waals surface area contributed by atoms with E-state index in [4.69, 9.17) is 4.52 Å². The number of nitrogens with zero attached hydrogens (tertiary/aromatic N) is 3. The zero-order valence-corrected chi connectivity index (χ0v) is 14.2. The Kier molecular flexibility index (Phi) is 3.90. The maximum Gasteiger partial charge on any atom is 0.228 e. The summed E-state index contributed by atoms with van der Waals surface area (Å²) < 4.78 is 5.57. The van der Waals surface area contributed by atoms with Crippen LogP contribution in [0.15, 0.2) is 59.4 Å². The van der Waals surface area contributed by atoms with Gasteiger partial charge in [-0.3, -0.25) is 0 Å². The van der Waals surface area contributed by atoms with Crippen molar-refractivity contribution >= 4 is 22.6 Å². The molecule has 2 aromatic heterocycles. The lowest BCUT2D eigenvalue weighted by atomic mass is 10.1. The average molecular weight is 330 g/mol. The van der Waals surface area contributed by atoms with Gasteiger partial charge >= 0.3 is 0 Å². The molecule has 4 rings (SSSR count). The van der Waals surface area contributed by atoms with Crippen molar-refractivity contribution in [2.75, 3.05) is 5.32 Å². The molecule has 2 aromatic carbocycles. The summed E-state index contributed by atoms with van der Waals surface area (Å²) in [5, 5.41) is 7.58. The van der Waals surface area contributed by atoms with Gasteiger partial charge in [0.2, 0.25) is 5.58 Å². The van der Waals surface area contributed by atoms with Gasteiger partial charge in [-0.1, -0.05) is 60.1 Å². The maximum atomic E-state index is 5.57. The fraction of sp³-hybridized carbons (Fsp3) is 0.150. The SMILES string of the molecule is CCc1ccccc1Nc1ncnc2c(-c3ccc(C)cc3)noc12. The number of aryl methyl sites for hydroxylation is 2. The minimum absolute atomic E-state index is 0.559. The Hall–Kier alpha value is -3.21. The summed E-state index contributed by atoms with van der Waals surface area (Å²) in [6.45, 7) is 4.18. The van der Waals surface area contributed by atoms with Crippen molar-refractivity contribution in [2.24, 2.45) is 0 Å². The molecule has 25 heavy (non-hydrogen) atoms. The molecule has 0 saturated carbocycles. The van der Waals surface area contributed by atoms with Crippen LogP contribution in [0.25, 0.3) is 22.4 Å². The molecule has 1 N–H and O–H groups in total. The number of anilines is 2. The number of para-hydroxylation sites is 1. The van der Waals surface area contributed by atoms with E-state index >= 15 is 0 Å². The number of hydrogen-bond donors (Lipinski definition) is 1. The van der Waals surface area contributed by atoms with E-state index in [1.54, 1.807) is 0 Å². The zero-order valence-electron chi connectivity index (χ0n) is 14.2. The quantitative estimate of drug-likeness (QED) is 0.576. The molecule has 5 heteroatoms. The van der Waals surface area contributed by atoms with Crippen LogP contribution in [0.4, 0.5) is 11.5 Å². The van der Waals surface area contributed by atoms with Crippen molar-refractivity contribution in [3.05, 3.63) is 66.0 Å². The van der Waals surface area contributed by atoms with Crippen molar-refractivity contribution < 1.29 is 4.52 Å². The summed E-state index contributed by atoms with van der Waals surface area (Å²) in [6, 6.07) is 16.3. The number of benzene rings is 2. The Morgan fingerprint density at radius 3 is 2.60 bits per heavy atom. The molecule has 0 unspecified atom stereocenters. The highest BCUT2D eigenvalue weighted by Gasteiger charge is 2.16. The number of fused-ring (bicyclic) bond motifs is 1. The summed E-state index contributed by atoms with van der Waals surface area (Å²) in [4.78, 5) is 8.72. The van der Waals surface area contributed by atoms with Gasteiger partial charge in [0.15, 0.2) is 5.82 Å². The first-order valence-corrected chi connectivity index (χ1v) is 8.28. The number of nitrogens with one attached hydrogen (secondary N) is 1. The van der Waals surface area contributed by atoms with Gasteiger partial charge in [-0.25, -0.2) is 9.97 Å². The standard InChI is InChI=1S/C20H18N4O/c1-3-14-6-4-5-7-16(14)23-20-19-18(21-12-22-20)17(24-25-19)15-10-8-13(2)9-11-15/h4-12H,3H2,1-2H3,(H,21,22,23). The van der Waals surface area contributed by atoms with Gasteiger partial charge in [0.05, 0.1) is 0 Å². The highest BCUT2D eigenvalue weighted by Crippen LogP contribution is 2.31. The van der Waals surface area contributed by atoms with Gasteiger partial charge in [0.1, 0.15) is 17.5 Å². The first-order chi connectivity index (χ1) is 12.3. The van der Waals surface area contributed by atoms with E-state index in [0.29, 0.717) is 16.9 Å². The van der Waals surface area contributed by atoms with Crippen molar-refractivity contribution in [3.8, 4) is 11.3 Å². The Bertz CT molecular complexity index is 1020. The zero-order chi connectivity index (χ0) is 17.2. The Labute approximate surface area is 145 Å². The first-order valence-electron chi connectivity index (χ1n) is 8.28. The van der Waals surface area contributed by atoms with Crippen LogP contribution in [-0.2, 0) is 6.42 Å². The second-order valence-electron chi connectivity index (χ2n) is 5.93. The second-order valence-corrected chi connectivity index (χ2v) is 5.93. The van der Waals surface area contributed by atoms with Crippen LogP contribution in [0.5, 0.6) is 0 Å². The lowest BCUT2D eigenvalue weighted by Crippen LogP contribution is -1.98. The molecule has 4 aromatic rings.